The summed E-state index contributed by atoms with van der Waals surface area (Å²) in [6.07, 6.45) is 0. The summed E-state index contributed by atoms with van der Waals surface area (Å²) in [6.45, 7) is 1.87. The van der Waals surface area contributed by atoms with Crippen LogP contribution >= 0.6 is 11.6 Å². The van der Waals surface area contributed by atoms with E-state index in [9.17, 15) is 0 Å². The summed E-state index contributed by atoms with van der Waals surface area (Å²) in [4.78, 5) is 4.14. The molecule has 0 radical (unpaired) electrons. The molecule has 2 aromatic heterocycles. The van der Waals surface area contributed by atoms with Gasteiger partial charge in [-0.25, -0.2) is 4.98 Å². The van der Waals surface area contributed by atoms with E-state index in [-0.39, 0.29) is 0 Å². The van der Waals surface area contributed by atoms with Crippen molar-refractivity contribution in [2.45, 2.75) is 12.8 Å². The number of alkyl halides is 1. The summed E-state index contributed by atoms with van der Waals surface area (Å²) < 4.78 is 4.93. The van der Waals surface area contributed by atoms with Crippen LogP contribution in [0.15, 0.2) is 10.6 Å². The van der Waals surface area contributed by atoms with E-state index in [1.54, 1.807) is 0 Å². The predicted molar refractivity (Wildman–Crippen MR) is 50.5 cm³/mol. The van der Waals surface area contributed by atoms with E-state index in [1.807, 2.05) is 13.0 Å². The maximum Gasteiger partial charge on any atom is 0.260 e. The number of rotatable bonds is 1. The SMILES string of the molecule is Cc1cc(CCl)c2c(N)noc2n1. The van der Waals surface area contributed by atoms with Crippen LogP contribution in [0.5, 0.6) is 0 Å². The van der Waals surface area contributed by atoms with Gasteiger partial charge in [0.25, 0.3) is 5.71 Å². The number of halogens is 1. The zero-order chi connectivity index (χ0) is 9.42. The van der Waals surface area contributed by atoms with Crippen molar-refractivity contribution in [3.05, 3.63) is 17.3 Å². The number of anilines is 1. The Balaban J connectivity index is 2.85. The van der Waals surface area contributed by atoms with Crippen LogP contribution in [0.25, 0.3) is 11.1 Å². The third-order valence-electron chi connectivity index (χ3n) is 1.83. The normalized spacial score (nSPS) is 10.9. The second kappa shape index (κ2) is 2.88. The summed E-state index contributed by atoms with van der Waals surface area (Å²) in [5, 5.41) is 4.35. The molecule has 5 heteroatoms. The number of nitrogens with two attached hydrogens (primary N) is 1. The maximum atomic E-state index is 5.75. The highest BCUT2D eigenvalue weighted by Gasteiger charge is 2.11. The number of aromatic nitrogens is 2. The molecule has 2 aromatic rings. The van der Waals surface area contributed by atoms with Crippen LogP contribution in [0.1, 0.15) is 11.3 Å². The molecular weight excluding hydrogens is 190 g/mol. The van der Waals surface area contributed by atoms with Crippen molar-refractivity contribution in [1.82, 2.24) is 10.1 Å². The molecule has 0 atom stereocenters. The third kappa shape index (κ3) is 1.23. The Labute approximate surface area is 79.7 Å². The van der Waals surface area contributed by atoms with E-state index in [4.69, 9.17) is 21.9 Å². The van der Waals surface area contributed by atoms with Gasteiger partial charge in [0, 0.05) is 11.6 Å². The number of pyridine rings is 1. The van der Waals surface area contributed by atoms with Gasteiger partial charge >= 0.3 is 0 Å². The van der Waals surface area contributed by atoms with Crippen LogP contribution in [-0.4, -0.2) is 10.1 Å². The van der Waals surface area contributed by atoms with Crippen molar-refractivity contribution < 1.29 is 4.52 Å². The molecule has 0 aliphatic heterocycles. The fourth-order valence-electron chi connectivity index (χ4n) is 1.29. The molecule has 4 nitrogen and oxygen atoms in total. The molecule has 0 amide bonds. The van der Waals surface area contributed by atoms with Crippen LogP contribution in [0.3, 0.4) is 0 Å². The van der Waals surface area contributed by atoms with E-state index < -0.39 is 0 Å². The standard InChI is InChI=1S/C8H8ClN3O/c1-4-2-5(3-9)6-7(10)12-13-8(6)11-4/h2H,3H2,1H3,(H2,10,12). The number of hydrogen-bond donors (Lipinski definition) is 1. The predicted octanol–water partition coefficient (Wildman–Crippen LogP) is 1.85. The van der Waals surface area contributed by atoms with Gasteiger partial charge in [-0.2, -0.15) is 0 Å². The van der Waals surface area contributed by atoms with E-state index in [1.165, 1.54) is 0 Å². The van der Waals surface area contributed by atoms with Crippen molar-refractivity contribution in [1.29, 1.82) is 0 Å². The summed E-state index contributed by atoms with van der Waals surface area (Å²) in [6, 6.07) is 1.88. The smallest absolute Gasteiger partial charge is 0.260 e. The number of nitrogen functional groups attached to an aromatic ring is 1. The van der Waals surface area contributed by atoms with Gasteiger partial charge in [0.05, 0.1) is 5.39 Å². The lowest BCUT2D eigenvalue weighted by Gasteiger charge is -1.98. The minimum Gasteiger partial charge on any atom is -0.380 e. The molecule has 13 heavy (non-hydrogen) atoms. The first-order chi connectivity index (χ1) is 6.22. The van der Waals surface area contributed by atoms with Gasteiger partial charge in [0.15, 0.2) is 5.82 Å². The average molecular weight is 198 g/mol. The molecule has 0 bridgehead atoms. The van der Waals surface area contributed by atoms with Crippen LogP contribution in [0.4, 0.5) is 5.82 Å². The minimum atomic E-state index is 0.346. The first-order valence-electron chi connectivity index (χ1n) is 3.79. The molecule has 2 N–H and O–H groups in total. The highest BCUT2D eigenvalue weighted by atomic mass is 35.5. The highest BCUT2D eigenvalue weighted by Crippen LogP contribution is 2.24. The lowest BCUT2D eigenvalue weighted by atomic mass is 10.2. The fourth-order valence-corrected chi connectivity index (χ4v) is 1.50. The number of aryl methyl sites for hydroxylation is 1. The quantitative estimate of drug-likeness (QED) is 0.709. The van der Waals surface area contributed by atoms with Gasteiger partial charge in [-0.15, -0.1) is 11.6 Å². The molecule has 0 aliphatic rings. The Bertz CT molecular complexity index is 452. The molecular formula is C8H8ClN3O. The summed E-state index contributed by atoms with van der Waals surface area (Å²) in [5.41, 5.74) is 7.80. The van der Waals surface area contributed by atoms with Crippen molar-refractivity contribution >= 4 is 28.5 Å². The van der Waals surface area contributed by atoms with E-state index in [0.717, 1.165) is 16.6 Å². The Hall–Kier alpha value is -1.29. The average Bonchev–Trinajstić information content (AvgIpc) is 2.46. The molecule has 2 heterocycles. The van der Waals surface area contributed by atoms with E-state index in [0.29, 0.717) is 17.4 Å². The van der Waals surface area contributed by atoms with Crippen LogP contribution in [0.2, 0.25) is 0 Å². The molecule has 0 saturated heterocycles. The second-order valence-electron chi connectivity index (χ2n) is 2.80. The van der Waals surface area contributed by atoms with E-state index in [2.05, 4.69) is 10.1 Å². The number of nitrogens with zero attached hydrogens (tertiary/aromatic N) is 2. The van der Waals surface area contributed by atoms with Gasteiger partial charge in [-0.3, -0.25) is 0 Å². The molecule has 0 aliphatic carbocycles. The summed E-state index contributed by atoms with van der Waals surface area (Å²) >= 11 is 5.75. The first-order valence-corrected chi connectivity index (χ1v) is 4.33. The molecule has 0 spiro atoms. The molecule has 2 rings (SSSR count). The topological polar surface area (TPSA) is 64.9 Å². The Morgan fingerprint density at radius 1 is 1.62 bits per heavy atom. The first kappa shape index (κ1) is 8.31. The molecule has 0 unspecified atom stereocenters. The van der Waals surface area contributed by atoms with Crippen molar-refractivity contribution in [3.63, 3.8) is 0 Å². The van der Waals surface area contributed by atoms with Crippen molar-refractivity contribution in [3.8, 4) is 0 Å². The van der Waals surface area contributed by atoms with Gasteiger partial charge < -0.3 is 10.3 Å². The van der Waals surface area contributed by atoms with Gasteiger partial charge in [-0.05, 0) is 18.6 Å². The maximum absolute atomic E-state index is 5.75. The zero-order valence-electron chi connectivity index (χ0n) is 7.04. The minimum absolute atomic E-state index is 0.346. The Morgan fingerprint density at radius 2 is 2.38 bits per heavy atom. The zero-order valence-corrected chi connectivity index (χ0v) is 7.80. The Morgan fingerprint density at radius 3 is 3.08 bits per heavy atom. The van der Waals surface area contributed by atoms with Gasteiger partial charge in [0.2, 0.25) is 0 Å². The summed E-state index contributed by atoms with van der Waals surface area (Å²) in [5.74, 6) is 0.726. The summed E-state index contributed by atoms with van der Waals surface area (Å²) in [7, 11) is 0. The molecule has 68 valence electrons. The number of hydrogen-bond acceptors (Lipinski definition) is 4. The van der Waals surface area contributed by atoms with Crippen molar-refractivity contribution in [2.75, 3.05) is 5.73 Å². The fraction of sp³-hybridized carbons (Fsp3) is 0.250. The monoisotopic (exact) mass is 197 g/mol. The van der Waals surface area contributed by atoms with Crippen LogP contribution in [-0.2, 0) is 5.88 Å². The molecule has 0 fully saturated rings. The van der Waals surface area contributed by atoms with E-state index >= 15 is 0 Å². The van der Waals surface area contributed by atoms with Crippen molar-refractivity contribution in [2.24, 2.45) is 0 Å². The van der Waals surface area contributed by atoms with Crippen LogP contribution in [0, 0.1) is 6.92 Å². The highest BCUT2D eigenvalue weighted by molar-refractivity contribution is 6.18. The number of fused-ring (bicyclic) bond motifs is 1. The lowest BCUT2D eigenvalue weighted by Crippen LogP contribution is -1.90. The third-order valence-corrected chi connectivity index (χ3v) is 2.11. The second-order valence-corrected chi connectivity index (χ2v) is 3.07. The Kier molecular flexibility index (Phi) is 1.84. The van der Waals surface area contributed by atoms with Crippen LogP contribution < -0.4 is 5.73 Å². The van der Waals surface area contributed by atoms with Gasteiger partial charge in [0.1, 0.15) is 0 Å². The molecule has 0 saturated carbocycles. The molecule has 0 aromatic carbocycles. The lowest BCUT2D eigenvalue weighted by molar-refractivity contribution is 0.452. The van der Waals surface area contributed by atoms with Gasteiger partial charge in [-0.1, -0.05) is 5.16 Å². The largest absolute Gasteiger partial charge is 0.380 e.